The van der Waals surface area contributed by atoms with Gasteiger partial charge in [0.05, 0.1) is 0 Å². The zero-order valence-corrected chi connectivity index (χ0v) is 3.27. The Morgan fingerprint density at radius 3 is 1.25 bits per heavy atom. The van der Waals surface area contributed by atoms with Crippen LogP contribution in [0.25, 0.3) is 0 Å². The van der Waals surface area contributed by atoms with Crippen LogP contribution in [0, 0.1) is 0 Å². The molecule has 0 heterocycles. The Morgan fingerprint density at radius 2 is 1.25 bits per heavy atom. The Morgan fingerprint density at radius 1 is 1.00 bits per heavy atom. The molecule has 0 saturated carbocycles. The minimum atomic E-state index is 1.92. The summed E-state index contributed by atoms with van der Waals surface area (Å²) < 4.78 is 0. The molecule has 4 heavy (non-hydrogen) atoms. The van der Waals surface area contributed by atoms with Gasteiger partial charge in [-0.1, -0.05) is 0 Å². The van der Waals surface area contributed by atoms with Crippen molar-refractivity contribution in [2.45, 2.75) is 0 Å². The van der Waals surface area contributed by atoms with Crippen molar-refractivity contribution in [2.75, 3.05) is 0 Å². The van der Waals surface area contributed by atoms with Crippen molar-refractivity contribution in [1.82, 2.24) is 9.89 Å². The molecule has 0 aliphatic heterocycles. The van der Waals surface area contributed by atoms with E-state index in [1.54, 1.807) is 0 Å². The molecule has 0 aromatic rings. The lowest BCUT2D eigenvalue weighted by Gasteiger charge is -1.73. The summed E-state index contributed by atoms with van der Waals surface area (Å²) in [6, 6.07) is 0. The van der Waals surface area contributed by atoms with Crippen LogP contribution in [-0.2, 0) is 0 Å². The fraction of sp³-hybridized carbons (Fsp3) is 0. The van der Waals surface area contributed by atoms with E-state index in [0.717, 1.165) is 0 Å². The van der Waals surface area contributed by atoms with Crippen LogP contribution in [0.15, 0.2) is 0 Å². The maximum Gasteiger partial charge on any atom is -0.00763 e. The van der Waals surface area contributed by atoms with E-state index in [2.05, 4.69) is 0 Å². The minimum absolute atomic E-state index is 1.92. The first-order chi connectivity index (χ1) is 1.91. The van der Waals surface area contributed by atoms with Gasteiger partial charge in [-0.05, 0) is 23.6 Å². The van der Waals surface area contributed by atoms with Crippen LogP contribution in [0.1, 0.15) is 0 Å². The quantitative estimate of drug-likeness (QED) is 0.368. The second-order valence-electron chi connectivity index (χ2n) is 0.189. The average molecular weight is 101 g/mol. The first kappa shape index (κ1) is 4.50. The van der Waals surface area contributed by atoms with Crippen LogP contribution >= 0.6 is 23.6 Å². The predicted octanol–water partition coefficient (Wildman–Crippen LogP) is 0.388. The number of nitrogens with one attached hydrogen (secondary N) is 2. The van der Waals surface area contributed by atoms with Gasteiger partial charge in [-0.3, -0.25) is 0 Å². The van der Waals surface area contributed by atoms with Gasteiger partial charge in [0, 0.05) is 0 Å². The minimum Gasteiger partial charge on any atom is -0.155 e. The van der Waals surface area contributed by atoms with Crippen LogP contribution in [0.3, 0.4) is 0 Å². The van der Waals surface area contributed by atoms with Crippen molar-refractivity contribution in [3.8, 4) is 0 Å². The molecule has 0 spiro atoms. The molecule has 0 saturated heterocycles. The van der Waals surface area contributed by atoms with Gasteiger partial charge in [0.15, 0.2) is 0 Å². The SMILES string of the molecule is ClNNCl. The van der Waals surface area contributed by atoms with Crippen LogP contribution < -0.4 is 9.89 Å². The molecular weight excluding hydrogens is 98.9 g/mol. The van der Waals surface area contributed by atoms with Gasteiger partial charge in [-0.2, -0.15) is 9.89 Å². The maximum absolute atomic E-state index is 4.69. The fourth-order valence-electron chi connectivity index (χ4n) is 0. The normalized spacial score (nSPS) is 7.50. The molecule has 0 atom stereocenters. The zero-order chi connectivity index (χ0) is 3.41. The highest BCUT2D eigenvalue weighted by Crippen LogP contribution is 1.51. The van der Waals surface area contributed by atoms with Crippen molar-refractivity contribution < 1.29 is 0 Å². The molecular formula is H2Cl2N2. The molecule has 0 aromatic heterocycles. The number of hydrogen-bond donors (Lipinski definition) is 2. The Hall–Kier alpha value is 0.500. The monoisotopic (exact) mass is 100.0 g/mol. The van der Waals surface area contributed by atoms with E-state index in [-0.39, 0.29) is 0 Å². The lowest BCUT2D eigenvalue weighted by Crippen LogP contribution is -2.07. The third-order valence-electron chi connectivity index (χ3n) is 0.0357. The molecule has 2 nitrogen and oxygen atoms in total. The summed E-state index contributed by atoms with van der Waals surface area (Å²) in [5.74, 6) is 0. The molecule has 0 unspecified atom stereocenters. The second kappa shape index (κ2) is 3.50. The van der Waals surface area contributed by atoms with Crippen molar-refractivity contribution in [3.63, 3.8) is 0 Å². The first-order valence-electron chi connectivity index (χ1n) is 0.628. The Labute approximate surface area is 34.3 Å². The maximum atomic E-state index is 4.69. The largest absolute Gasteiger partial charge is 0.155 e. The van der Waals surface area contributed by atoms with Crippen molar-refractivity contribution in [2.24, 2.45) is 0 Å². The van der Waals surface area contributed by atoms with Gasteiger partial charge in [-0.15, -0.1) is 0 Å². The molecule has 26 valence electrons. The topological polar surface area (TPSA) is 24.1 Å². The Kier molecular flexibility index (Phi) is 3.94. The summed E-state index contributed by atoms with van der Waals surface area (Å²) in [7, 11) is 0. The lowest BCUT2D eigenvalue weighted by molar-refractivity contribution is 0.969. The Balaban J connectivity index is 1.97. The molecule has 0 fully saturated rings. The second-order valence-corrected chi connectivity index (χ2v) is 0.567. The summed E-state index contributed by atoms with van der Waals surface area (Å²) in [5.41, 5.74) is 0. The highest BCUT2D eigenvalue weighted by molar-refractivity contribution is 6.19. The molecule has 0 aliphatic rings. The summed E-state index contributed by atoms with van der Waals surface area (Å²) in [6.45, 7) is 0. The van der Waals surface area contributed by atoms with Gasteiger partial charge in [0.25, 0.3) is 0 Å². The van der Waals surface area contributed by atoms with Gasteiger partial charge in [0.2, 0.25) is 0 Å². The van der Waals surface area contributed by atoms with E-state index in [9.17, 15) is 0 Å². The van der Waals surface area contributed by atoms with E-state index in [1.807, 2.05) is 9.89 Å². The smallest absolute Gasteiger partial charge is 0.00763 e. The standard InChI is InChI=1S/Cl2H2N2/c1-3-4-2/h3-4H. The van der Waals surface area contributed by atoms with E-state index >= 15 is 0 Å². The molecule has 2 N–H and O–H groups in total. The van der Waals surface area contributed by atoms with Crippen molar-refractivity contribution in [1.29, 1.82) is 0 Å². The van der Waals surface area contributed by atoms with E-state index in [4.69, 9.17) is 23.6 Å². The zero-order valence-electron chi connectivity index (χ0n) is 1.76. The van der Waals surface area contributed by atoms with Gasteiger partial charge < -0.3 is 0 Å². The highest BCUT2D eigenvalue weighted by Gasteiger charge is 1.51. The molecule has 4 heteroatoms. The predicted molar refractivity (Wildman–Crippen MR) is 18.0 cm³/mol. The summed E-state index contributed by atoms with van der Waals surface area (Å²) in [6.07, 6.45) is 0. The summed E-state index contributed by atoms with van der Waals surface area (Å²) in [4.78, 5) is 3.84. The highest BCUT2D eigenvalue weighted by atomic mass is 35.5. The van der Waals surface area contributed by atoms with Crippen LogP contribution in [0.2, 0.25) is 0 Å². The van der Waals surface area contributed by atoms with E-state index < -0.39 is 0 Å². The van der Waals surface area contributed by atoms with Gasteiger partial charge >= 0.3 is 0 Å². The molecule has 0 radical (unpaired) electrons. The Bertz CT molecular complexity index is 6.00. The molecule has 0 aliphatic carbocycles. The van der Waals surface area contributed by atoms with E-state index in [0.29, 0.717) is 0 Å². The molecule has 0 bridgehead atoms. The van der Waals surface area contributed by atoms with E-state index in [1.165, 1.54) is 0 Å². The summed E-state index contributed by atoms with van der Waals surface area (Å²) in [5, 5.41) is 0. The van der Waals surface area contributed by atoms with Gasteiger partial charge in [0.1, 0.15) is 0 Å². The molecule has 0 amide bonds. The third-order valence-corrected chi connectivity index (χ3v) is 0.321. The average Bonchev–Trinajstić information content (AvgIpc) is 1.37. The lowest BCUT2D eigenvalue weighted by atomic mass is 13.0. The number of hydrazine groups is 1. The van der Waals surface area contributed by atoms with Gasteiger partial charge in [-0.25, -0.2) is 0 Å². The number of hydrogen-bond acceptors (Lipinski definition) is 2. The molecule has 0 aromatic carbocycles. The van der Waals surface area contributed by atoms with Crippen molar-refractivity contribution >= 4 is 23.6 Å². The number of rotatable bonds is 1. The number of halogens is 2. The molecule has 0 rings (SSSR count). The summed E-state index contributed by atoms with van der Waals surface area (Å²) >= 11 is 9.39. The third kappa shape index (κ3) is 2.50. The van der Waals surface area contributed by atoms with Crippen LogP contribution in [0.5, 0.6) is 0 Å². The first-order valence-corrected chi connectivity index (χ1v) is 1.38. The van der Waals surface area contributed by atoms with Crippen LogP contribution in [0.4, 0.5) is 0 Å². The fourth-order valence-corrected chi connectivity index (χ4v) is 0. The van der Waals surface area contributed by atoms with Crippen molar-refractivity contribution in [3.05, 3.63) is 0 Å². The van der Waals surface area contributed by atoms with Crippen LogP contribution in [-0.4, -0.2) is 0 Å².